The summed E-state index contributed by atoms with van der Waals surface area (Å²) in [5.74, 6) is 1.22. The summed E-state index contributed by atoms with van der Waals surface area (Å²) in [6.07, 6.45) is 4.80. The summed E-state index contributed by atoms with van der Waals surface area (Å²) in [7, 11) is 0. The van der Waals surface area contributed by atoms with Crippen LogP contribution in [-0.4, -0.2) is 9.97 Å². The van der Waals surface area contributed by atoms with Gasteiger partial charge in [-0.15, -0.1) is 0 Å². The Labute approximate surface area is 129 Å². The van der Waals surface area contributed by atoms with Crippen molar-refractivity contribution in [1.29, 1.82) is 0 Å². The predicted octanol–water partition coefficient (Wildman–Crippen LogP) is 3.39. The molecule has 0 bridgehead atoms. The van der Waals surface area contributed by atoms with Gasteiger partial charge in [-0.1, -0.05) is 30.3 Å². The van der Waals surface area contributed by atoms with Gasteiger partial charge in [0, 0.05) is 24.6 Å². The van der Waals surface area contributed by atoms with Crippen LogP contribution in [0.5, 0.6) is 11.6 Å². The molecule has 110 valence electrons. The van der Waals surface area contributed by atoms with Gasteiger partial charge in [0.1, 0.15) is 5.75 Å². The second kappa shape index (κ2) is 7.19. The first-order valence-electron chi connectivity index (χ1n) is 6.97. The number of nitrogens with zero attached hydrogens (tertiary/aromatic N) is 2. The maximum Gasteiger partial charge on any atom is 0.237 e. The lowest BCUT2D eigenvalue weighted by Gasteiger charge is -2.09. The van der Waals surface area contributed by atoms with E-state index in [0.29, 0.717) is 12.4 Å². The summed E-state index contributed by atoms with van der Waals surface area (Å²) in [6.45, 7) is 0.709. The van der Waals surface area contributed by atoms with Crippen molar-refractivity contribution in [3.05, 3.63) is 78.8 Å². The van der Waals surface area contributed by atoms with E-state index in [-0.39, 0.29) is 0 Å². The summed E-state index contributed by atoms with van der Waals surface area (Å²) >= 11 is 0. The van der Waals surface area contributed by atoms with Crippen molar-refractivity contribution >= 4 is 5.69 Å². The van der Waals surface area contributed by atoms with E-state index in [1.807, 2.05) is 54.6 Å². The van der Waals surface area contributed by atoms with Gasteiger partial charge in [-0.2, -0.15) is 0 Å². The van der Waals surface area contributed by atoms with Crippen LogP contribution in [0.4, 0.5) is 5.69 Å². The van der Waals surface area contributed by atoms with Gasteiger partial charge < -0.3 is 10.2 Å². The molecule has 0 unspecified atom stereocenters. The van der Waals surface area contributed by atoms with Gasteiger partial charge in [0.15, 0.2) is 0 Å². The van der Waals surface area contributed by atoms with E-state index in [1.54, 1.807) is 18.6 Å². The molecule has 2 aromatic carbocycles. The zero-order valence-corrected chi connectivity index (χ0v) is 11.9. The highest BCUT2D eigenvalue weighted by Gasteiger charge is 1.99. The molecule has 0 spiro atoms. The van der Waals surface area contributed by atoms with Gasteiger partial charge in [-0.3, -0.25) is 4.98 Å². The number of para-hydroxylation sites is 1. The normalized spacial score (nSPS) is 10.2. The van der Waals surface area contributed by atoms with Crippen molar-refractivity contribution < 1.29 is 4.74 Å². The molecule has 5 nitrogen and oxygen atoms in total. The van der Waals surface area contributed by atoms with Gasteiger partial charge >= 0.3 is 0 Å². The summed E-state index contributed by atoms with van der Waals surface area (Å²) in [5, 5.41) is 0. The molecule has 0 radical (unpaired) electrons. The predicted molar refractivity (Wildman–Crippen MR) is 85.5 cm³/mol. The van der Waals surface area contributed by atoms with Crippen LogP contribution < -0.4 is 15.6 Å². The number of nitrogens with one attached hydrogen (secondary N) is 2. The minimum atomic E-state index is 0.485. The number of rotatable bonds is 6. The smallest absolute Gasteiger partial charge is 0.237 e. The molecule has 0 atom stereocenters. The Morgan fingerprint density at radius 3 is 2.45 bits per heavy atom. The number of hydrogen-bond acceptors (Lipinski definition) is 5. The molecule has 0 saturated heterocycles. The monoisotopic (exact) mass is 292 g/mol. The Morgan fingerprint density at radius 1 is 0.909 bits per heavy atom. The molecule has 3 aromatic rings. The summed E-state index contributed by atoms with van der Waals surface area (Å²) in [4.78, 5) is 8.03. The third kappa shape index (κ3) is 4.04. The lowest BCUT2D eigenvalue weighted by molar-refractivity contribution is 0.460. The first kappa shape index (κ1) is 14.0. The fraction of sp³-hybridized carbons (Fsp3) is 0.0588. The van der Waals surface area contributed by atoms with E-state index in [1.165, 1.54) is 0 Å². The van der Waals surface area contributed by atoms with Crippen LogP contribution in [0.1, 0.15) is 5.56 Å². The lowest BCUT2D eigenvalue weighted by Crippen LogP contribution is -2.20. The van der Waals surface area contributed by atoms with Crippen LogP contribution >= 0.6 is 0 Å². The first-order chi connectivity index (χ1) is 10.9. The molecule has 0 fully saturated rings. The lowest BCUT2D eigenvalue weighted by atomic mass is 10.2. The zero-order valence-electron chi connectivity index (χ0n) is 11.9. The minimum absolute atomic E-state index is 0.485. The highest BCUT2D eigenvalue weighted by atomic mass is 16.5. The average molecular weight is 292 g/mol. The average Bonchev–Trinajstić information content (AvgIpc) is 2.58. The molecule has 0 saturated carbocycles. The topological polar surface area (TPSA) is 59.1 Å². The highest BCUT2D eigenvalue weighted by molar-refractivity contribution is 5.41. The largest absolute Gasteiger partial charge is 0.438 e. The Hall–Kier alpha value is -2.92. The maximum atomic E-state index is 5.60. The van der Waals surface area contributed by atoms with Crippen LogP contribution in [0.25, 0.3) is 0 Å². The summed E-state index contributed by atoms with van der Waals surface area (Å²) < 4.78 is 5.60. The van der Waals surface area contributed by atoms with E-state index >= 15 is 0 Å². The quantitative estimate of drug-likeness (QED) is 0.682. The van der Waals surface area contributed by atoms with Crippen molar-refractivity contribution in [3.8, 4) is 11.6 Å². The third-order valence-corrected chi connectivity index (χ3v) is 2.98. The van der Waals surface area contributed by atoms with Gasteiger partial charge in [-0.25, -0.2) is 10.4 Å². The number of anilines is 1. The molecule has 2 N–H and O–H groups in total. The Bertz CT molecular complexity index is 687. The van der Waals surface area contributed by atoms with Gasteiger partial charge in [-0.05, 0) is 29.8 Å². The van der Waals surface area contributed by atoms with Crippen LogP contribution in [0.2, 0.25) is 0 Å². The summed E-state index contributed by atoms with van der Waals surface area (Å²) in [6, 6.07) is 17.8. The van der Waals surface area contributed by atoms with Gasteiger partial charge in [0.05, 0.1) is 6.20 Å². The van der Waals surface area contributed by atoms with Crippen molar-refractivity contribution in [3.63, 3.8) is 0 Å². The fourth-order valence-corrected chi connectivity index (χ4v) is 1.90. The van der Waals surface area contributed by atoms with Crippen LogP contribution in [0, 0.1) is 0 Å². The molecule has 1 heterocycles. The zero-order chi connectivity index (χ0) is 15.0. The standard InChI is InChI=1S/C17H16N4O/c1-2-4-15(5-3-1)21-20-12-14-6-8-16(9-7-14)22-17-13-18-10-11-19-17/h1-11,13,20-21H,12H2. The fourth-order valence-electron chi connectivity index (χ4n) is 1.90. The minimum Gasteiger partial charge on any atom is -0.438 e. The Morgan fingerprint density at radius 2 is 1.73 bits per heavy atom. The molecule has 22 heavy (non-hydrogen) atoms. The van der Waals surface area contributed by atoms with Crippen molar-refractivity contribution in [2.75, 3.05) is 5.43 Å². The number of hydrogen-bond donors (Lipinski definition) is 2. The van der Waals surface area contributed by atoms with Crippen LogP contribution in [0.15, 0.2) is 73.2 Å². The van der Waals surface area contributed by atoms with E-state index in [2.05, 4.69) is 20.8 Å². The second-order valence-electron chi connectivity index (χ2n) is 4.63. The van der Waals surface area contributed by atoms with Gasteiger partial charge in [0.2, 0.25) is 5.88 Å². The highest BCUT2D eigenvalue weighted by Crippen LogP contribution is 2.18. The molecule has 0 aliphatic carbocycles. The van der Waals surface area contributed by atoms with Crippen molar-refractivity contribution in [1.82, 2.24) is 15.4 Å². The molecular formula is C17H16N4O. The number of benzene rings is 2. The van der Waals surface area contributed by atoms with Crippen molar-refractivity contribution in [2.24, 2.45) is 0 Å². The third-order valence-electron chi connectivity index (χ3n) is 2.98. The molecule has 0 amide bonds. The number of ether oxygens (including phenoxy) is 1. The molecular weight excluding hydrogens is 276 g/mol. The van der Waals surface area contributed by atoms with Crippen molar-refractivity contribution in [2.45, 2.75) is 6.54 Å². The van der Waals surface area contributed by atoms with Crippen LogP contribution in [-0.2, 0) is 6.54 Å². The molecule has 3 rings (SSSR count). The Balaban J connectivity index is 1.51. The summed E-state index contributed by atoms with van der Waals surface area (Å²) in [5.41, 5.74) is 8.50. The van der Waals surface area contributed by atoms with E-state index in [9.17, 15) is 0 Å². The second-order valence-corrected chi connectivity index (χ2v) is 4.63. The number of aromatic nitrogens is 2. The van der Waals surface area contributed by atoms with Gasteiger partial charge in [0.25, 0.3) is 0 Å². The maximum absolute atomic E-state index is 5.60. The molecule has 0 aliphatic heterocycles. The Kier molecular flexibility index (Phi) is 4.59. The molecule has 1 aromatic heterocycles. The van der Waals surface area contributed by atoms with E-state index in [0.717, 1.165) is 17.0 Å². The molecule has 5 heteroatoms. The van der Waals surface area contributed by atoms with E-state index < -0.39 is 0 Å². The van der Waals surface area contributed by atoms with E-state index in [4.69, 9.17) is 4.74 Å². The van der Waals surface area contributed by atoms with Crippen LogP contribution in [0.3, 0.4) is 0 Å². The SMILES string of the molecule is c1ccc(NNCc2ccc(Oc3cnccn3)cc2)cc1. The molecule has 0 aliphatic rings. The first-order valence-corrected chi connectivity index (χ1v) is 6.97. The number of hydrazine groups is 1.